The third-order valence-electron chi connectivity index (χ3n) is 22.0. The molecule has 0 saturated heterocycles. The van der Waals surface area contributed by atoms with Crippen LogP contribution >= 0.6 is 59.7 Å². The first-order valence-electron chi connectivity index (χ1n) is 39.9. The Labute approximate surface area is 673 Å². The maximum absolute atomic E-state index is 14.9. The van der Waals surface area contributed by atoms with Crippen LogP contribution in [0.3, 0.4) is 0 Å². The Balaban J connectivity index is 0.956. The Kier molecular flexibility index (Phi) is 32.0. The van der Waals surface area contributed by atoms with Crippen LogP contribution < -0.4 is 0 Å². The number of thioether (sulfide) groups is 2. The molecule has 0 unspecified atom stereocenters. The molecular weight excluding hydrogens is 1520 g/mol. The number of carbonyl (C=O) groups is 2. The van der Waals surface area contributed by atoms with E-state index >= 15 is 0 Å². The molecule has 1 heterocycles. The van der Waals surface area contributed by atoms with E-state index in [1.54, 1.807) is 13.8 Å². The molecule has 0 amide bonds. The summed E-state index contributed by atoms with van der Waals surface area (Å²) in [7, 11) is 0. The van der Waals surface area contributed by atoms with E-state index in [4.69, 9.17) is 52.1 Å². The van der Waals surface area contributed by atoms with Gasteiger partial charge < -0.3 is 18.9 Å². The minimum atomic E-state index is -4.49. The van der Waals surface area contributed by atoms with Crippen LogP contribution in [0.2, 0.25) is 0 Å². The van der Waals surface area contributed by atoms with Crippen LogP contribution in [-0.4, -0.2) is 91.1 Å². The van der Waals surface area contributed by atoms with E-state index in [0.29, 0.717) is 49.2 Å². The zero-order valence-corrected chi connectivity index (χ0v) is 68.4. The van der Waals surface area contributed by atoms with Crippen molar-refractivity contribution < 1.29 is 63.7 Å². The van der Waals surface area contributed by atoms with Gasteiger partial charge in [-0.15, -0.1) is 0 Å². The predicted octanol–water partition coefficient (Wildman–Crippen LogP) is 27.6. The number of hydrogen-bond donors (Lipinski definition) is 0. The molecule has 0 atom stereocenters. The molecule has 8 aromatic rings. The van der Waals surface area contributed by atoms with Crippen LogP contribution in [0, 0.1) is 0 Å². The highest BCUT2D eigenvalue weighted by Crippen LogP contribution is 2.59. The molecule has 0 fully saturated rings. The fourth-order valence-electron chi connectivity index (χ4n) is 16.0. The summed E-state index contributed by atoms with van der Waals surface area (Å²) < 4.78 is 148. The summed E-state index contributed by atoms with van der Waals surface area (Å²) in [5, 5.41) is 0. The quantitative estimate of drug-likeness (QED) is 0.0157. The average molecular weight is 1620 g/mol. The molecule has 8 nitrogen and oxygen atoms in total. The van der Waals surface area contributed by atoms with E-state index in [2.05, 4.69) is 135 Å². The lowest BCUT2D eigenvalue weighted by Gasteiger charge is -2.34. The Morgan fingerprint density at radius 3 is 1.06 bits per heavy atom. The summed E-state index contributed by atoms with van der Waals surface area (Å²) in [4.78, 5) is 25.7. The van der Waals surface area contributed by atoms with Crippen molar-refractivity contribution in [1.29, 1.82) is 0 Å². The van der Waals surface area contributed by atoms with Crippen LogP contribution in [0.4, 0.5) is 35.1 Å². The van der Waals surface area contributed by atoms with Gasteiger partial charge in [0.05, 0.1) is 62.5 Å². The van der Waals surface area contributed by atoms with Gasteiger partial charge in [0.1, 0.15) is 11.0 Å². The largest absolute Gasteiger partial charge is 0.479 e. The zero-order valence-electron chi connectivity index (χ0n) is 64.3. The zero-order chi connectivity index (χ0) is 79.1. The van der Waals surface area contributed by atoms with Crippen molar-refractivity contribution in [2.45, 2.75) is 242 Å². The van der Waals surface area contributed by atoms with Crippen molar-refractivity contribution in [3.63, 3.8) is 0 Å². The highest BCUT2D eigenvalue weighted by atomic mass is 32.2. The van der Waals surface area contributed by atoms with E-state index in [9.17, 15) is 44.7 Å². The maximum atomic E-state index is 14.9. The van der Waals surface area contributed by atoms with Crippen LogP contribution in [0.15, 0.2) is 146 Å². The number of thiocarbonyl (C=S) groups is 2. The first kappa shape index (κ1) is 86.6. The van der Waals surface area contributed by atoms with Crippen molar-refractivity contribution in [3.8, 4) is 66.8 Å². The molecule has 0 N–H and O–H groups in total. The van der Waals surface area contributed by atoms with Gasteiger partial charge in [0.2, 0.25) is 8.77 Å². The molecule has 2 aliphatic carbocycles. The molecule has 10 rings (SSSR count). The van der Waals surface area contributed by atoms with Crippen LogP contribution in [-0.2, 0) is 39.4 Å². The van der Waals surface area contributed by atoms with Gasteiger partial charge >= 0.3 is 35.6 Å². The molecule has 0 bridgehead atoms. The van der Waals surface area contributed by atoms with Crippen LogP contribution in [0.1, 0.15) is 230 Å². The third-order valence-corrected chi connectivity index (χ3v) is 25.2. The summed E-state index contributed by atoms with van der Waals surface area (Å²) >= 11 is 11.6. The first-order valence-corrected chi connectivity index (χ1v) is 43.4. The molecule has 0 radical (unpaired) electrons. The van der Waals surface area contributed by atoms with Gasteiger partial charge in [-0.1, -0.05) is 274 Å². The highest BCUT2D eigenvalue weighted by Gasteiger charge is 2.57. The molecule has 0 spiro atoms. The Bertz CT molecular complexity index is 4290. The second kappa shape index (κ2) is 41.0. The molecule has 596 valence electrons. The van der Waals surface area contributed by atoms with Crippen molar-refractivity contribution >= 4 is 91.4 Å². The molecule has 2 aliphatic rings. The lowest BCUT2D eigenvalue weighted by Crippen LogP contribution is -2.43. The molecule has 111 heavy (non-hydrogen) atoms. The normalized spacial score (nSPS) is 13.5. The van der Waals surface area contributed by atoms with Crippen molar-refractivity contribution in [2.24, 2.45) is 0 Å². The van der Waals surface area contributed by atoms with Crippen molar-refractivity contribution in [3.05, 3.63) is 168 Å². The number of nitrogens with zero attached hydrogens (tertiary/aromatic N) is 2. The van der Waals surface area contributed by atoms with Crippen molar-refractivity contribution in [1.82, 2.24) is 8.75 Å². The van der Waals surface area contributed by atoms with E-state index < -0.39 is 78.2 Å². The Hall–Kier alpha value is -6.78. The molecule has 1 aromatic heterocycles. The van der Waals surface area contributed by atoms with E-state index in [-0.39, 0.29) is 40.6 Å². The lowest BCUT2D eigenvalue weighted by molar-refractivity contribution is -0.200. The molecule has 0 saturated carbocycles. The Morgan fingerprint density at radius 1 is 0.369 bits per heavy atom. The van der Waals surface area contributed by atoms with Gasteiger partial charge in [-0.25, -0.2) is 0 Å². The molecule has 0 aliphatic heterocycles. The smallest absolute Gasteiger partial charge is 0.319 e. The van der Waals surface area contributed by atoms with Gasteiger partial charge in [-0.05, 0) is 179 Å². The fourth-order valence-corrected chi connectivity index (χ4v) is 18.6. The fraction of sp³-hybridized carbons (Fsp3) is 0.489. The van der Waals surface area contributed by atoms with Gasteiger partial charge in [0.25, 0.3) is 0 Å². The number of fused-ring (bicyclic) bond motifs is 7. The number of aromatic nitrogens is 2. The van der Waals surface area contributed by atoms with E-state index in [1.165, 1.54) is 96.5 Å². The molecular formula is C90H104F8N2O6S5. The standard InChI is InChI=1S/C90H104F8N2O6S5/c1-5-9-11-13-15-27-49-86(50-28-16-14-12-10-6-2)77-59-67(39-43-73(77)74-44-40-68(60-78(74)86)70-46-45-69(64-35-25-22-26-36-64)81-82(70)100-111-99-81)66-38-42-72-71-41-37-65(63-33-23-21-24-34-63)57-75(71)85(76(72)58-66,51-29-17-19-31-55-105-79(101)47-53-87(91,92)89(95,96)61-109-83(107)103-7-3)52-30-18-20-32-56-106-80(102)48-54-88(93,94)90(97,98)62-110-84(108)104-8-4/h21-26,33-46,57-60H,5-20,27-32,47-56,61-62H2,1-4H3. The van der Waals surface area contributed by atoms with E-state index in [0.717, 1.165) is 144 Å². The lowest BCUT2D eigenvalue weighted by atomic mass is 9.69. The SMILES string of the molecule is CCCCCCCCC1(CCCCCCCC)c2cc(-c3ccc4c(c3)C(CCCCCCOC(=O)CCC(F)(F)C(F)(F)CSC(=S)OCC)(CCCCCCOC(=O)CCC(F)(F)C(F)(F)CSC(=S)OCC)c3cc(-c5ccccc5)ccc3-4)ccc2-c2ccc(-c3ccc(-c4ccccc4)c4nsnc34)cc21. The summed E-state index contributed by atoms with van der Waals surface area (Å²) in [6.45, 7) is 7.82. The summed E-state index contributed by atoms with van der Waals surface area (Å²) in [5.41, 5.74) is 19.7. The van der Waals surface area contributed by atoms with E-state index in [1.807, 2.05) is 24.3 Å². The maximum Gasteiger partial charge on any atom is 0.319 e. The summed E-state index contributed by atoms with van der Waals surface area (Å²) in [5.74, 6) is -22.4. The topological polar surface area (TPSA) is 96.8 Å². The first-order chi connectivity index (χ1) is 53.5. The van der Waals surface area contributed by atoms with Crippen LogP contribution in [0.5, 0.6) is 0 Å². The Morgan fingerprint density at radius 2 is 0.685 bits per heavy atom. The number of alkyl halides is 8. The highest BCUT2D eigenvalue weighted by molar-refractivity contribution is 8.23. The third kappa shape index (κ3) is 21.8. The number of esters is 2. The van der Waals surface area contributed by atoms with Crippen molar-refractivity contribution in [2.75, 3.05) is 37.9 Å². The number of ether oxygens (including phenoxy) is 4. The van der Waals surface area contributed by atoms with Gasteiger partial charge in [-0.3, -0.25) is 9.59 Å². The number of halogens is 8. The number of hydrogen-bond acceptors (Lipinski definition) is 13. The number of unbranched alkanes of at least 4 members (excludes halogenated alkanes) is 16. The van der Waals surface area contributed by atoms with Gasteiger partial charge in [0.15, 0.2) is 0 Å². The number of rotatable bonds is 46. The monoisotopic (exact) mass is 1620 g/mol. The molecule has 21 heteroatoms. The second-order valence-corrected chi connectivity index (χ2v) is 33.3. The minimum Gasteiger partial charge on any atom is -0.479 e. The number of carbonyl (C=O) groups excluding carboxylic acids is 2. The second-order valence-electron chi connectivity index (χ2n) is 29.6. The van der Waals surface area contributed by atoms with Gasteiger partial charge in [0, 0.05) is 34.8 Å². The number of benzene rings is 7. The van der Waals surface area contributed by atoms with Gasteiger partial charge in [-0.2, -0.15) is 43.9 Å². The summed E-state index contributed by atoms with van der Waals surface area (Å²) in [6, 6.07) is 53.2. The molecule has 7 aromatic carbocycles. The van der Waals surface area contributed by atoms with Crippen LogP contribution in [0.25, 0.3) is 77.8 Å². The average Bonchev–Trinajstić information content (AvgIpc) is 1.56. The summed E-state index contributed by atoms with van der Waals surface area (Å²) in [6.07, 6.45) is 18.1. The minimum absolute atomic E-state index is 0.0647. The predicted molar refractivity (Wildman–Crippen MR) is 447 cm³/mol.